The van der Waals surface area contributed by atoms with Crippen molar-refractivity contribution in [2.45, 2.75) is 25.9 Å². The third-order valence-corrected chi connectivity index (χ3v) is 5.42. The lowest BCUT2D eigenvalue weighted by Gasteiger charge is -2.35. The van der Waals surface area contributed by atoms with Gasteiger partial charge in [-0.1, -0.05) is 6.92 Å². The Morgan fingerprint density at radius 2 is 2.13 bits per heavy atom. The number of sulfonamides is 1. The smallest absolute Gasteiger partial charge is 0.225 e. The highest BCUT2D eigenvalue weighted by Gasteiger charge is 2.41. The van der Waals surface area contributed by atoms with Gasteiger partial charge in [-0.15, -0.1) is 0 Å². The van der Waals surface area contributed by atoms with E-state index in [1.807, 2.05) is 12.4 Å². The molecule has 3 atom stereocenters. The van der Waals surface area contributed by atoms with Crippen LogP contribution in [0.4, 0.5) is 5.95 Å². The summed E-state index contributed by atoms with van der Waals surface area (Å²) in [6.07, 6.45) is 6.84. The van der Waals surface area contributed by atoms with E-state index in [1.165, 1.54) is 6.26 Å². The van der Waals surface area contributed by atoms with Crippen molar-refractivity contribution in [3.63, 3.8) is 0 Å². The van der Waals surface area contributed by atoms with Crippen molar-refractivity contribution in [3.8, 4) is 0 Å². The Balaban J connectivity index is 1.59. The normalized spacial score (nSPS) is 27.9. The minimum Gasteiger partial charge on any atom is -0.376 e. The van der Waals surface area contributed by atoms with E-state index in [0.29, 0.717) is 25.0 Å². The summed E-state index contributed by atoms with van der Waals surface area (Å²) in [6, 6.07) is 0. The summed E-state index contributed by atoms with van der Waals surface area (Å²) in [4.78, 5) is 11.1. The van der Waals surface area contributed by atoms with Gasteiger partial charge in [0.25, 0.3) is 0 Å². The van der Waals surface area contributed by atoms with Gasteiger partial charge in [0, 0.05) is 37.9 Å². The van der Waals surface area contributed by atoms with Crippen LogP contribution in [0.15, 0.2) is 12.4 Å². The maximum atomic E-state index is 11.2. The molecule has 0 unspecified atom stereocenters. The lowest BCUT2D eigenvalue weighted by molar-refractivity contribution is 0.0930. The predicted octanol–water partition coefficient (Wildman–Crippen LogP) is 0.430. The third-order valence-electron chi connectivity index (χ3n) is 4.72. The van der Waals surface area contributed by atoms with Gasteiger partial charge < -0.3 is 9.64 Å². The highest BCUT2D eigenvalue weighted by Crippen LogP contribution is 2.35. The first kappa shape index (κ1) is 16.6. The van der Waals surface area contributed by atoms with Crippen LogP contribution in [0.2, 0.25) is 0 Å². The molecule has 3 heterocycles. The summed E-state index contributed by atoms with van der Waals surface area (Å²) >= 11 is 0. The maximum absolute atomic E-state index is 11.2. The van der Waals surface area contributed by atoms with Crippen LogP contribution in [0.3, 0.4) is 0 Å². The topological polar surface area (TPSA) is 84.4 Å². The molecule has 128 valence electrons. The zero-order chi connectivity index (χ0) is 16.4. The van der Waals surface area contributed by atoms with Crippen LogP contribution < -0.4 is 9.62 Å². The van der Waals surface area contributed by atoms with E-state index < -0.39 is 10.0 Å². The van der Waals surface area contributed by atoms with Crippen LogP contribution in [0, 0.1) is 11.8 Å². The van der Waals surface area contributed by atoms with E-state index in [1.54, 1.807) is 0 Å². The van der Waals surface area contributed by atoms with Crippen molar-refractivity contribution in [2.75, 3.05) is 37.4 Å². The second-order valence-electron chi connectivity index (χ2n) is 6.40. The van der Waals surface area contributed by atoms with E-state index in [4.69, 9.17) is 4.74 Å². The molecule has 2 aliphatic rings. The lowest BCUT2D eigenvalue weighted by Crippen LogP contribution is -2.44. The molecular formula is C15H24N4O3S. The van der Waals surface area contributed by atoms with Crippen LogP contribution in [-0.4, -0.2) is 57.0 Å². The number of ether oxygens (including phenoxy) is 1. The van der Waals surface area contributed by atoms with Gasteiger partial charge in [0.1, 0.15) is 0 Å². The highest BCUT2D eigenvalue weighted by molar-refractivity contribution is 7.88. The molecule has 3 rings (SSSR count). The average Bonchev–Trinajstić information content (AvgIpc) is 2.94. The van der Waals surface area contributed by atoms with Gasteiger partial charge in [-0.05, 0) is 24.3 Å². The van der Waals surface area contributed by atoms with Gasteiger partial charge in [0.05, 0.1) is 19.0 Å². The van der Waals surface area contributed by atoms with Gasteiger partial charge in [0.2, 0.25) is 16.0 Å². The molecule has 7 nitrogen and oxygen atoms in total. The Morgan fingerprint density at radius 1 is 1.39 bits per heavy atom. The van der Waals surface area contributed by atoms with Crippen molar-refractivity contribution in [3.05, 3.63) is 18.0 Å². The van der Waals surface area contributed by atoms with Crippen LogP contribution in [0.1, 0.15) is 18.9 Å². The predicted molar refractivity (Wildman–Crippen MR) is 87.8 cm³/mol. The van der Waals surface area contributed by atoms with Gasteiger partial charge in [-0.3, -0.25) is 0 Å². The molecular weight excluding hydrogens is 316 g/mol. The molecule has 0 radical (unpaired) electrons. The molecule has 2 aliphatic heterocycles. The second kappa shape index (κ2) is 6.70. The van der Waals surface area contributed by atoms with Crippen LogP contribution in [0.25, 0.3) is 0 Å². The van der Waals surface area contributed by atoms with Gasteiger partial charge in [-0.25, -0.2) is 23.1 Å². The summed E-state index contributed by atoms with van der Waals surface area (Å²) in [5, 5.41) is 0. The number of nitrogens with zero attached hydrogens (tertiary/aromatic N) is 3. The van der Waals surface area contributed by atoms with E-state index >= 15 is 0 Å². The molecule has 0 bridgehead atoms. The zero-order valence-corrected chi connectivity index (χ0v) is 14.4. The maximum Gasteiger partial charge on any atom is 0.225 e. The van der Waals surface area contributed by atoms with E-state index in [2.05, 4.69) is 26.5 Å². The first-order valence-electron chi connectivity index (χ1n) is 8.08. The molecule has 8 heteroatoms. The number of anilines is 1. The number of aryl methyl sites for hydroxylation is 1. The summed E-state index contributed by atoms with van der Waals surface area (Å²) < 4.78 is 30.9. The Kier molecular flexibility index (Phi) is 4.84. The number of piperidine rings is 1. The molecule has 2 saturated heterocycles. The molecule has 1 N–H and O–H groups in total. The molecule has 23 heavy (non-hydrogen) atoms. The molecule has 0 spiro atoms. The Hall–Kier alpha value is -1.25. The number of rotatable bonds is 5. The van der Waals surface area contributed by atoms with Crippen molar-refractivity contribution >= 4 is 16.0 Å². The lowest BCUT2D eigenvalue weighted by atomic mass is 9.84. The number of aromatic nitrogens is 2. The van der Waals surface area contributed by atoms with Crippen molar-refractivity contribution < 1.29 is 13.2 Å². The van der Waals surface area contributed by atoms with E-state index in [-0.39, 0.29) is 6.10 Å². The monoisotopic (exact) mass is 340 g/mol. The third kappa shape index (κ3) is 3.99. The first-order valence-corrected chi connectivity index (χ1v) is 9.97. The van der Waals surface area contributed by atoms with Crippen molar-refractivity contribution in [1.29, 1.82) is 0 Å². The second-order valence-corrected chi connectivity index (χ2v) is 8.23. The zero-order valence-electron chi connectivity index (χ0n) is 13.6. The fraction of sp³-hybridized carbons (Fsp3) is 0.733. The van der Waals surface area contributed by atoms with Gasteiger partial charge in [-0.2, -0.15) is 0 Å². The largest absolute Gasteiger partial charge is 0.376 e. The minimum absolute atomic E-state index is 0.0275. The quantitative estimate of drug-likeness (QED) is 0.837. The standard InChI is InChI=1S/C15H24N4O3S/c1-3-11-6-16-15(17-7-11)19-5-4-13-12(9-19)10-22-14(13)8-18-23(2,20)21/h6-7,12-14,18H,3-5,8-10H2,1-2H3/t12-,13-,14+/m1/s1. The Bertz CT molecular complexity index is 635. The molecule has 0 aliphatic carbocycles. The van der Waals surface area contributed by atoms with Gasteiger partial charge in [0.15, 0.2) is 0 Å². The van der Waals surface area contributed by atoms with Crippen LogP contribution >= 0.6 is 0 Å². The fourth-order valence-electron chi connectivity index (χ4n) is 3.41. The van der Waals surface area contributed by atoms with Crippen molar-refractivity contribution in [1.82, 2.24) is 14.7 Å². The van der Waals surface area contributed by atoms with E-state index in [0.717, 1.165) is 37.4 Å². The number of hydrogen-bond acceptors (Lipinski definition) is 6. The summed E-state index contributed by atoms with van der Waals surface area (Å²) in [5.74, 6) is 1.58. The highest BCUT2D eigenvalue weighted by atomic mass is 32.2. The minimum atomic E-state index is -3.17. The molecule has 0 amide bonds. The first-order chi connectivity index (χ1) is 11.0. The molecule has 1 aromatic heterocycles. The molecule has 1 aromatic rings. The molecule has 2 fully saturated rings. The van der Waals surface area contributed by atoms with Gasteiger partial charge >= 0.3 is 0 Å². The van der Waals surface area contributed by atoms with E-state index in [9.17, 15) is 8.42 Å². The van der Waals surface area contributed by atoms with Crippen LogP contribution in [-0.2, 0) is 21.2 Å². The summed E-state index contributed by atoms with van der Waals surface area (Å²) in [5.41, 5.74) is 1.14. The molecule has 0 saturated carbocycles. The number of nitrogens with one attached hydrogen (secondary N) is 1. The summed E-state index contributed by atoms with van der Waals surface area (Å²) in [7, 11) is -3.17. The van der Waals surface area contributed by atoms with Crippen LogP contribution in [0.5, 0.6) is 0 Å². The van der Waals surface area contributed by atoms with Crippen molar-refractivity contribution in [2.24, 2.45) is 11.8 Å². The number of fused-ring (bicyclic) bond motifs is 1. The fourth-order valence-corrected chi connectivity index (χ4v) is 3.87. The summed E-state index contributed by atoms with van der Waals surface area (Å²) in [6.45, 7) is 4.87. The Morgan fingerprint density at radius 3 is 2.78 bits per heavy atom. The Labute approximate surface area is 137 Å². The SMILES string of the molecule is CCc1cnc(N2CC[C@@H]3[C@@H](CO[C@H]3CNS(C)(=O)=O)C2)nc1. The average molecular weight is 340 g/mol. The number of hydrogen-bond donors (Lipinski definition) is 1. The molecule has 0 aromatic carbocycles.